The predicted molar refractivity (Wildman–Crippen MR) is 125 cm³/mol. The van der Waals surface area contributed by atoms with Gasteiger partial charge in [0, 0.05) is 28.7 Å². The third-order valence-electron chi connectivity index (χ3n) is 4.36. The van der Waals surface area contributed by atoms with E-state index in [1.165, 1.54) is 0 Å². The molecule has 0 saturated carbocycles. The number of rotatable bonds is 9. The minimum Gasteiger partial charge on any atom is -0.489 e. The van der Waals surface area contributed by atoms with E-state index in [0.717, 1.165) is 11.3 Å². The minimum absolute atomic E-state index is 0.108. The van der Waals surface area contributed by atoms with Gasteiger partial charge in [-0.05, 0) is 55.5 Å². The summed E-state index contributed by atoms with van der Waals surface area (Å²) in [7, 11) is 0. The largest absolute Gasteiger partial charge is 0.489 e. The highest BCUT2D eigenvalue weighted by Crippen LogP contribution is 2.18. The average molecular weight is 415 g/mol. The lowest BCUT2D eigenvalue weighted by molar-refractivity contribution is -0.114. The summed E-state index contributed by atoms with van der Waals surface area (Å²) < 4.78 is 5.48. The van der Waals surface area contributed by atoms with Crippen molar-refractivity contribution in [2.45, 2.75) is 6.92 Å². The van der Waals surface area contributed by atoms with Crippen molar-refractivity contribution < 1.29 is 14.3 Å². The molecule has 6 nitrogen and oxygen atoms in total. The molecule has 0 radical (unpaired) electrons. The second-order valence-corrected chi connectivity index (χ2v) is 6.93. The Kier molecular flexibility index (Phi) is 7.43. The summed E-state index contributed by atoms with van der Waals surface area (Å²) in [4.78, 5) is 24.6. The van der Waals surface area contributed by atoms with Gasteiger partial charge in [-0.25, -0.2) is 0 Å². The monoisotopic (exact) mass is 415 g/mol. The van der Waals surface area contributed by atoms with Crippen LogP contribution in [0, 0.1) is 6.92 Å². The summed E-state index contributed by atoms with van der Waals surface area (Å²) in [6.45, 7) is 6.09. The summed E-state index contributed by atoms with van der Waals surface area (Å²) in [5.74, 6) is 0.339. The van der Waals surface area contributed by atoms with E-state index in [9.17, 15) is 9.59 Å². The molecule has 0 atom stereocenters. The van der Waals surface area contributed by atoms with Gasteiger partial charge in [-0.3, -0.25) is 9.59 Å². The highest BCUT2D eigenvalue weighted by Gasteiger charge is 2.07. The van der Waals surface area contributed by atoms with E-state index in [1.807, 2.05) is 49.4 Å². The number of aryl methyl sites for hydroxylation is 1. The Morgan fingerprint density at radius 2 is 1.61 bits per heavy atom. The molecule has 31 heavy (non-hydrogen) atoms. The van der Waals surface area contributed by atoms with E-state index in [4.69, 9.17) is 4.74 Å². The van der Waals surface area contributed by atoms with Crippen molar-refractivity contribution in [3.8, 4) is 5.75 Å². The molecule has 0 saturated heterocycles. The highest BCUT2D eigenvalue weighted by atomic mass is 16.5. The number of amides is 2. The molecule has 0 fully saturated rings. The fourth-order valence-electron chi connectivity index (χ4n) is 2.86. The van der Waals surface area contributed by atoms with Crippen LogP contribution in [0.4, 0.5) is 17.1 Å². The molecule has 3 aromatic carbocycles. The summed E-state index contributed by atoms with van der Waals surface area (Å²) in [5, 5.41) is 8.74. The van der Waals surface area contributed by atoms with Crippen LogP contribution in [0.5, 0.6) is 5.75 Å². The van der Waals surface area contributed by atoms with Gasteiger partial charge in [0.25, 0.3) is 5.91 Å². The van der Waals surface area contributed by atoms with E-state index >= 15 is 0 Å². The maximum atomic E-state index is 12.3. The first kappa shape index (κ1) is 21.6. The van der Waals surface area contributed by atoms with Crippen LogP contribution in [0.25, 0.3) is 0 Å². The van der Waals surface area contributed by atoms with Crippen LogP contribution >= 0.6 is 0 Å². The van der Waals surface area contributed by atoms with Gasteiger partial charge in [-0.2, -0.15) is 0 Å². The number of hydrogen-bond donors (Lipinski definition) is 3. The van der Waals surface area contributed by atoms with Crippen molar-refractivity contribution in [2.24, 2.45) is 0 Å². The topological polar surface area (TPSA) is 79.5 Å². The Labute approximate surface area is 181 Å². The quantitative estimate of drug-likeness (QED) is 0.436. The third kappa shape index (κ3) is 6.75. The van der Waals surface area contributed by atoms with E-state index in [1.54, 1.807) is 36.4 Å². The molecule has 0 aliphatic heterocycles. The van der Waals surface area contributed by atoms with Crippen molar-refractivity contribution in [2.75, 3.05) is 29.1 Å². The summed E-state index contributed by atoms with van der Waals surface area (Å²) in [6, 6.07) is 21.7. The molecule has 0 spiro atoms. The van der Waals surface area contributed by atoms with Crippen molar-refractivity contribution >= 4 is 28.9 Å². The average Bonchev–Trinajstić information content (AvgIpc) is 2.78. The lowest BCUT2D eigenvalue weighted by atomic mass is 10.1. The Balaban J connectivity index is 1.49. The number of nitrogens with one attached hydrogen (secondary N) is 3. The molecule has 0 aromatic heterocycles. The fraction of sp³-hybridized carbons (Fsp3) is 0.120. The first-order valence-electron chi connectivity index (χ1n) is 9.89. The third-order valence-corrected chi connectivity index (χ3v) is 4.36. The van der Waals surface area contributed by atoms with E-state index in [0.29, 0.717) is 29.3 Å². The zero-order chi connectivity index (χ0) is 22.1. The molecule has 2 amide bonds. The van der Waals surface area contributed by atoms with Gasteiger partial charge < -0.3 is 20.7 Å². The Hall–Kier alpha value is -4.06. The Morgan fingerprint density at radius 1 is 0.903 bits per heavy atom. The van der Waals surface area contributed by atoms with Crippen molar-refractivity contribution in [1.29, 1.82) is 0 Å². The Bertz CT molecular complexity index is 1060. The van der Waals surface area contributed by atoms with Crippen molar-refractivity contribution in [3.63, 3.8) is 0 Å². The van der Waals surface area contributed by atoms with Gasteiger partial charge in [-0.15, -0.1) is 0 Å². The summed E-state index contributed by atoms with van der Waals surface area (Å²) in [5.41, 5.74) is 3.70. The summed E-state index contributed by atoms with van der Waals surface area (Å²) >= 11 is 0. The number of ether oxygens (including phenoxy) is 1. The van der Waals surface area contributed by atoms with Crippen LogP contribution in [0.1, 0.15) is 15.9 Å². The zero-order valence-electron chi connectivity index (χ0n) is 17.4. The number of carbonyl (C=O) groups excluding carboxylic acids is 2. The fourth-order valence-corrected chi connectivity index (χ4v) is 2.86. The van der Waals surface area contributed by atoms with Gasteiger partial charge in [0.15, 0.2) is 0 Å². The zero-order valence-corrected chi connectivity index (χ0v) is 17.4. The molecule has 0 unspecified atom stereocenters. The minimum atomic E-state index is -0.186. The van der Waals surface area contributed by atoms with Gasteiger partial charge in [0.05, 0.1) is 6.54 Å². The van der Waals surface area contributed by atoms with E-state index in [-0.39, 0.29) is 18.4 Å². The summed E-state index contributed by atoms with van der Waals surface area (Å²) in [6.07, 6.45) is 1.67. The van der Waals surface area contributed by atoms with Crippen LogP contribution in [-0.2, 0) is 4.79 Å². The molecule has 3 rings (SSSR count). The van der Waals surface area contributed by atoms with Crippen LogP contribution in [0.15, 0.2) is 85.5 Å². The van der Waals surface area contributed by atoms with Crippen molar-refractivity contribution in [1.82, 2.24) is 0 Å². The standard InChI is InChI=1S/C25H25N3O3/c1-3-14-31-23-9-5-8-22(16-23)26-17-24(29)27-20-10-12-21(13-11-20)28-25(30)19-7-4-6-18(2)15-19/h3-13,15-16,26H,1,14,17H2,2H3,(H,27,29)(H,28,30). The van der Waals surface area contributed by atoms with Crippen LogP contribution in [0.2, 0.25) is 0 Å². The van der Waals surface area contributed by atoms with E-state index in [2.05, 4.69) is 22.5 Å². The predicted octanol–water partition coefficient (Wildman–Crippen LogP) is 4.86. The molecular formula is C25H25N3O3. The van der Waals surface area contributed by atoms with Gasteiger partial charge in [0.2, 0.25) is 5.91 Å². The first-order valence-corrected chi connectivity index (χ1v) is 9.89. The number of carbonyl (C=O) groups is 2. The molecule has 0 aliphatic rings. The second-order valence-electron chi connectivity index (χ2n) is 6.93. The Morgan fingerprint density at radius 3 is 2.32 bits per heavy atom. The maximum Gasteiger partial charge on any atom is 0.255 e. The molecule has 0 bridgehead atoms. The number of benzene rings is 3. The lowest BCUT2D eigenvalue weighted by Gasteiger charge is -2.10. The van der Waals surface area contributed by atoms with Crippen LogP contribution < -0.4 is 20.7 Å². The molecule has 6 heteroatoms. The maximum absolute atomic E-state index is 12.3. The molecule has 3 aromatic rings. The van der Waals surface area contributed by atoms with Gasteiger partial charge in [0.1, 0.15) is 12.4 Å². The molecule has 3 N–H and O–H groups in total. The lowest BCUT2D eigenvalue weighted by Crippen LogP contribution is -2.21. The molecule has 158 valence electrons. The van der Waals surface area contributed by atoms with Crippen molar-refractivity contribution in [3.05, 3.63) is 96.6 Å². The smallest absolute Gasteiger partial charge is 0.255 e. The highest BCUT2D eigenvalue weighted by molar-refractivity contribution is 6.04. The SMILES string of the molecule is C=CCOc1cccc(NCC(=O)Nc2ccc(NC(=O)c3cccc(C)c3)cc2)c1. The van der Waals surface area contributed by atoms with Gasteiger partial charge in [-0.1, -0.05) is 36.4 Å². The van der Waals surface area contributed by atoms with Gasteiger partial charge >= 0.3 is 0 Å². The number of hydrogen-bond acceptors (Lipinski definition) is 4. The number of anilines is 3. The normalized spacial score (nSPS) is 10.1. The first-order chi connectivity index (χ1) is 15.0. The van der Waals surface area contributed by atoms with E-state index < -0.39 is 0 Å². The van der Waals surface area contributed by atoms with Crippen LogP contribution in [0.3, 0.4) is 0 Å². The second kappa shape index (κ2) is 10.6. The molecule has 0 heterocycles. The van der Waals surface area contributed by atoms with Crippen LogP contribution in [-0.4, -0.2) is 25.0 Å². The molecular weight excluding hydrogens is 390 g/mol. The molecule has 0 aliphatic carbocycles.